The topological polar surface area (TPSA) is 61.1 Å². The van der Waals surface area contributed by atoms with E-state index in [0.717, 1.165) is 0 Å². The summed E-state index contributed by atoms with van der Waals surface area (Å²) in [5.41, 5.74) is -6.37. The molecule has 1 rings (SSSR count). The minimum atomic E-state index is -5.13. The molecular formula is C16H13CeF6NO2. The van der Waals surface area contributed by atoms with Crippen LogP contribution in [-0.2, 0) is 12.4 Å². The van der Waals surface area contributed by atoms with Crippen LogP contribution in [0.1, 0.15) is 42.3 Å². The van der Waals surface area contributed by atoms with E-state index in [2.05, 4.69) is 0 Å². The number of Topliss-reactive ketones (excluding diaryl/α,β-unsaturated/α-hetero) is 1. The largest absolute Gasteiger partial charge is 0.510 e. The smallest absolute Gasteiger partial charge is 0.416 e. The summed E-state index contributed by atoms with van der Waals surface area (Å²) in [4.78, 5) is 12.2. The number of hydrogen-bond acceptors (Lipinski definition) is 3. The predicted octanol–water partition coefficient (Wildman–Crippen LogP) is 5.29. The molecule has 0 heterocycles. The van der Waals surface area contributed by atoms with Crippen molar-refractivity contribution in [3.05, 3.63) is 46.2 Å². The Morgan fingerprint density at radius 2 is 1.35 bits per heavy atom. The molecule has 0 saturated carbocycles. The Bertz CT molecular complexity index is 735. The Morgan fingerprint density at radius 3 is 1.62 bits per heavy atom. The summed E-state index contributed by atoms with van der Waals surface area (Å²) in [6, 6.07) is 1.64. The van der Waals surface area contributed by atoms with Gasteiger partial charge in [0.15, 0.2) is 0 Å². The van der Waals surface area contributed by atoms with Gasteiger partial charge in [0.1, 0.15) is 17.4 Å². The van der Waals surface area contributed by atoms with E-state index in [1.807, 2.05) is 0 Å². The Morgan fingerprint density at radius 1 is 0.962 bits per heavy atom. The molecule has 10 heteroatoms. The summed E-state index contributed by atoms with van der Waals surface area (Å²) < 4.78 is 77.0. The standard InChI is InChI=1S/C16H13F6NO2.Ce/c1-14(2,3)13(25)11(7-23)12(24)8-4-9(15(17,18)19)6-10(5-8)16(20,21)22;/h4-6,25H,1-3H3;/b13-11-;. The van der Waals surface area contributed by atoms with Crippen LogP contribution < -0.4 is 0 Å². The van der Waals surface area contributed by atoms with Crippen molar-refractivity contribution in [2.45, 2.75) is 33.1 Å². The number of alkyl halides is 6. The van der Waals surface area contributed by atoms with Gasteiger partial charge in [0, 0.05) is 52.7 Å². The first-order chi connectivity index (χ1) is 11.1. The number of halogens is 6. The molecule has 1 N–H and O–H groups in total. The van der Waals surface area contributed by atoms with E-state index in [9.17, 15) is 36.2 Å². The summed E-state index contributed by atoms with van der Waals surface area (Å²) in [7, 11) is 0. The van der Waals surface area contributed by atoms with Crippen molar-refractivity contribution in [3.8, 4) is 6.07 Å². The average molecular weight is 505 g/mol. The minimum absolute atomic E-state index is 0. The molecule has 0 aliphatic rings. The molecule has 0 bridgehead atoms. The van der Waals surface area contributed by atoms with Crippen molar-refractivity contribution < 1.29 is 78.0 Å². The van der Waals surface area contributed by atoms with Gasteiger partial charge in [-0.1, -0.05) is 20.8 Å². The number of benzene rings is 1. The third-order valence-corrected chi connectivity index (χ3v) is 3.14. The van der Waals surface area contributed by atoms with Crippen LogP contribution in [0.25, 0.3) is 0 Å². The molecule has 0 aromatic heterocycles. The van der Waals surface area contributed by atoms with Crippen LogP contribution in [0.2, 0.25) is 0 Å². The minimum Gasteiger partial charge on any atom is -0.510 e. The van der Waals surface area contributed by atoms with Gasteiger partial charge in [-0.15, -0.1) is 0 Å². The van der Waals surface area contributed by atoms with Gasteiger partial charge in [-0.05, 0) is 18.2 Å². The Balaban J connectivity index is 0.00000625. The molecule has 0 spiro atoms. The molecule has 0 unspecified atom stereocenters. The number of rotatable bonds is 2. The Kier molecular flexibility index (Phi) is 7.91. The van der Waals surface area contributed by atoms with E-state index in [4.69, 9.17) is 5.26 Å². The number of hydrogen-bond donors (Lipinski definition) is 1. The van der Waals surface area contributed by atoms with Crippen LogP contribution in [0.5, 0.6) is 0 Å². The zero-order valence-corrected chi connectivity index (χ0v) is 16.9. The van der Waals surface area contributed by atoms with Crippen molar-refractivity contribution in [1.29, 1.82) is 5.26 Å². The molecule has 0 amide bonds. The molecular weight excluding hydrogens is 492 g/mol. The van der Waals surface area contributed by atoms with Crippen LogP contribution in [0.3, 0.4) is 0 Å². The van der Waals surface area contributed by atoms with Gasteiger partial charge in [0.05, 0.1) is 11.1 Å². The normalized spacial score (nSPS) is 13.4. The van der Waals surface area contributed by atoms with E-state index >= 15 is 0 Å². The number of carbonyl (C=O) groups is 1. The molecule has 1 aromatic carbocycles. The zero-order chi connectivity index (χ0) is 19.8. The summed E-state index contributed by atoms with van der Waals surface area (Å²) in [6.45, 7) is 4.25. The molecule has 26 heavy (non-hydrogen) atoms. The van der Waals surface area contributed by atoms with Crippen LogP contribution in [-0.4, -0.2) is 10.9 Å². The maximum absolute atomic E-state index is 12.8. The second-order valence-corrected chi connectivity index (χ2v) is 6.21. The Hall–Kier alpha value is -1.12. The number of allylic oxidation sites excluding steroid dienone is 2. The molecule has 1 aromatic rings. The molecule has 0 aliphatic heterocycles. The predicted molar refractivity (Wildman–Crippen MR) is 75.5 cm³/mol. The van der Waals surface area contributed by atoms with Crippen LogP contribution in [0, 0.1) is 58.5 Å². The number of nitrogens with zero attached hydrogens (tertiary/aromatic N) is 1. The van der Waals surface area contributed by atoms with Crippen molar-refractivity contribution in [2.75, 3.05) is 0 Å². The summed E-state index contributed by atoms with van der Waals surface area (Å²) in [5, 5.41) is 18.9. The van der Waals surface area contributed by atoms with Gasteiger partial charge in [-0.2, -0.15) is 31.6 Å². The molecule has 0 fully saturated rings. The fourth-order valence-corrected chi connectivity index (χ4v) is 1.82. The number of ketones is 1. The number of aliphatic hydroxyl groups is 1. The van der Waals surface area contributed by atoms with Gasteiger partial charge in [0.2, 0.25) is 5.78 Å². The third kappa shape index (κ3) is 5.96. The van der Waals surface area contributed by atoms with Gasteiger partial charge in [-0.3, -0.25) is 4.79 Å². The maximum Gasteiger partial charge on any atom is 0.416 e. The van der Waals surface area contributed by atoms with Crippen LogP contribution in [0.15, 0.2) is 29.5 Å². The summed E-state index contributed by atoms with van der Waals surface area (Å²) in [5.74, 6) is -2.16. The zero-order valence-electron chi connectivity index (χ0n) is 13.8. The van der Waals surface area contributed by atoms with Crippen LogP contribution >= 0.6 is 0 Å². The van der Waals surface area contributed by atoms with Gasteiger partial charge in [-0.25, -0.2) is 0 Å². The molecule has 0 atom stereocenters. The Labute approximate surface area is 179 Å². The average Bonchev–Trinajstić information content (AvgIpc) is 2.44. The fraction of sp³-hybridized carbons (Fsp3) is 0.375. The second kappa shape index (κ2) is 8.27. The van der Waals surface area contributed by atoms with Gasteiger partial charge in [0.25, 0.3) is 0 Å². The second-order valence-electron chi connectivity index (χ2n) is 6.21. The SMILES string of the molecule is CC(C)(C)/C(O)=C(\C#N)C(=O)c1cc(C(F)(F)F)cc(C(F)(F)F)c1.[Ce]. The summed E-state index contributed by atoms with van der Waals surface area (Å²) >= 11 is 0. The first kappa shape index (κ1) is 24.9. The van der Waals surface area contributed by atoms with E-state index in [1.54, 1.807) is 0 Å². The van der Waals surface area contributed by atoms with E-state index in [-0.39, 0.29) is 59.9 Å². The fourth-order valence-electron chi connectivity index (χ4n) is 1.82. The number of aliphatic hydroxyl groups excluding tert-OH is 1. The van der Waals surface area contributed by atoms with Gasteiger partial charge >= 0.3 is 12.4 Å². The van der Waals surface area contributed by atoms with Crippen molar-refractivity contribution in [2.24, 2.45) is 5.41 Å². The quantitative estimate of drug-likeness (QED) is 0.195. The van der Waals surface area contributed by atoms with E-state index in [1.165, 1.54) is 26.8 Å². The van der Waals surface area contributed by atoms with E-state index < -0.39 is 51.6 Å². The monoisotopic (exact) mass is 505 g/mol. The number of nitriles is 1. The molecule has 0 radical (unpaired) electrons. The number of carbonyl (C=O) groups excluding carboxylic acids is 1. The summed E-state index contributed by atoms with van der Waals surface area (Å²) in [6.07, 6.45) is -10.3. The molecule has 0 aliphatic carbocycles. The van der Waals surface area contributed by atoms with Crippen molar-refractivity contribution >= 4 is 5.78 Å². The van der Waals surface area contributed by atoms with Crippen molar-refractivity contribution in [3.63, 3.8) is 0 Å². The van der Waals surface area contributed by atoms with Crippen LogP contribution in [0.4, 0.5) is 26.3 Å². The molecule has 140 valence electrons. The first-order valence-electron chi connectivity index (χ1n) is 6.77. The first-order valence-corrected chi connectivity index (χ1v) is 6.77. The van der Waals surface area contributed by atoms with E-state index in [0.29, 0.717) is 0 Å². The maximum atomic E-state index is 12.8. The molecule has 0 saturated heterocycles. The van der Waals surface area contributed by atoms with Gasteiger partial charge < -0.3 is 5.11 Å². The third-order valence-electron chi connectivity index (χ3n) is 3.14. The molecule has 3 nitrogen and oxygen atoms in total. The van der Waals surface area contributed by atoms with Crippen molar-refractivity contribution in [1.82, 2.24) is 0 Å².